The molecule has 0 aliphatic carbocycles. The Hall–Kier alpha value is -2.21. The summed E-state index contributed by atoms with van der Waals surface area (Å²) in [6.45, 7) is 8.22. The van der Waals surface area contributed by atoms with Crippen LogP contribution in [0.1, 0.15) is 17.4 Å². The highest BCUT2D eigenvalue weighted by Gasteiger charge is 2.31. The van der Waals surface area contributed by atoms with E-state index < -0.39 is 0 Å². The third kappa shape index (κ3) is 5.04. The molecular formula is C24H31N3OS+2. The van der Waals surface area contributed by atoms with E-state index in [-0.39, 0.29) is 11.9 Å². The number of carbonyl (C=O) groups excluding carboxylic acids is 1. The summed E-state index contributed by atoms with van der Waals surface area (Å²) >= 11 is 1.75. The number of quaternary nitrogens is 2. The summed E-state index contributed by atoms with van der Waals surface area (Å²) in [5.41, 5.74) is 1.43. The Labute approximate surface area is 177 Å². The topological polar surface area (TPSA) is 38.0 Å². The number of piperazine rings is 1. The molecule has 4 nitrogen and oxygen atoms in total. The molecule has 1 atom stereocenters. The lowest BCUT2D eigenvalue weighted by Crippen LogP contribution is -3.29. The van der Waals surface area contributed by atoms with Crippen LogP contribution in [-0.2, 0) is 17.8 Å². The van der Waals surface area contributed by atoms with Gasteiger partial charge in [-0.3, -0.25) is 4.79 Å². The second kappa shape index (κ2) is 9.53. The molecule has 1 aliphatic heterocycles. The molecule has 0 radical (unpaired) electrons. The molecule has 1 aliphatic rings. The van der Waals surface area contributed by atoms with Crippen molar-refractivity contribution in [2.45, 2.75) is 25.9 Å². The number of carbonyl (C=O) groups is 1. The van der Waals surface area contributed by atoms with E-state index in [9.17, 15) is 4.79 Å². The van der Waals surface area contributed by atoms with Crippen LogP contribution in [0.2, 0.25) is 0 Å². The van der Waals surface area contributed by atoms with Crippen molar-refractivity contribution in [3.63, 3.8) is 0 Å². The maximum absolute atomic E-state index is 12.6. The quantitative estimate of drug-likeness (QED) is 0.534. The first kappa shape index (κ1) is 20.1. The SMILES string of the molecule is C[C@H](C(=O)NCCc1cccs1)[NH+]1CC[NH+](Cc2cccc3ccccc23)CC1. The predicted octanol–water partition coefficient (Wildman–Crippen LogP) is 0.932. The van der Waals surface area contributed by atoms with Gasteiger partial charge < -0.3 is 15.1 Å². The van der Waals surface area contributed by atoms with E-state index >= 15 is 0 Å². The fourth-order valence-electron chi connectivity index (χ4n) is 4.35. The van der Waals surface area contributed by atoms with Crippen LogP contribution >= 0.6 is 11.3 Å². The number of thiophene rings is 1. The van der Waals surface area contributed by atoms with Gasteiger partial charge in [0.1, 0.15) is 32.7 Å². The number of hydrogen-bond acceptors (Lipinski definition) is 2. The van der Waals surface area contributed by atoms with Crippen molar-refractivity contribution in [2.75, 3.05) is 32.7 Å². The molecule has 3 N–H and O–H groups in total. The van der Waals surface area contributed by atoms with Gasteiger partial charge in [-0.05, 0) is 35.6 Å². The maximum atomic E-state index is 12.6. The Kier molecular flexibility index (Phi) is 6.60. The third-order valence-corrected chi connectivity index (χ3v) is 7.11. The van der Waals surface area contributed by atoms with Gasteiger partial charge in [-0.25, -0.2) is 0 Å². The molecule has 1 amide bonds. The summed E-state index contributed by atoms with van der Waals surface area (Å²) in [4.78, 5) is 16.9. The number of amides is 1. The Balaban J connectivity index is 1.25. The number of hydrogen-bond donors (Lipinski definition) is 3. The highest BCUT2D eigenvalue weighted by molar-refractivity contribution is 7.09. The minimum atomic E-state index is 0.0254. The molecule has 1 aromatic heterocycles. The van der Waals surface area contributed by atoms with Crippen LogP contribution in [0, 0.1) is 0 Å². The molecule has 4 rings (SSSR count). The molecule has 5 heteroatoms. The first-order chi connectivity index (χ1) is 14.2. The molecule has 1 fully saturated rings. The van der Waals surface area contributed by atoms with Gasteiger partial charge in [0.25, 0.3) is 5.91 Å². The molecule has 0 unspecified atom stereocenters. The summed E-state index contributed by atoms with van der Waals surface area (Å²) in [5, 5.41) is 7.91. The van der Waals surface area contributed by atoms with E-state index in [4.69, 9.17) is 0 Å². The Morgan fingerprint density at radius 3 is 2.62 bits per heavy atom. The summed E-state index contributed by atoms with van der Waals surface area (Å²) < 4.78 is 0. The number of fused-ring (bicyclic) bond motifs is 1. The Morgan fingerprint density at radius 1 is 1.03 bits per heavy atom. The van der Waals surface area contributed by atoms with Gasteiger partial charge in [0.2, 0.25) is 0 Å². The van der Waals surface area contributed by atoms with Crippen LogP contribution in [0.15, 0.2) is 60.0 Å². The van der Waals surface area contributed by atoms with Gasteiger partial charge in [0, 0.05) is 17.0 Å². The third-order valence-electron chi connectivity index (χ3n) is 6.18. The van der Waals surface area contributed by atoms with Crippen molar-refractivity contribution >= 4 is 28.0 Å². The average Bonchev–Trinajstić information content (AvgIpc) is 3.27. The minimum absolute atomic E-state index is 0.0254. The van der Waals surface area contributed by atoms with Gasteiger partial charge in [-0.2, -0.15) is 0 Å². The number of nitrogens with one attached hydrogen (secondary N) is 3. The van der Waals surface area contributed by atoms with Crippen LogP contribution in [0.5, 0.6) is 0 Å². The summed E-state index contributed by atoms with van der Waals surface area (Å²) in [6, 6.07) is 19.5. The van der Waals surface area contributed by atoms with Crippen molar-refractivity contribution < 1.29 is 14.6 Å². The number of rotatable bonds is 7. The van der Waals surface area contributed by atoms with Gasteiger partial charge in [-0.15, -0.1) is 11.3 Å². The monoisotopic (exact) mass is 409 g/mol. The van der Waals surface area contributed by atoms with E-state index in [2.05, 4.69) is 72.2 Å². The lowest BCUT2D eigenvalue weighted by atomic mass is 10.0. The highest BCUT2D eigenvalue weighted by atomic mass is 32.1. The predicted molar refractivity (Wildman–Crippen MR) is 120 cm³/mol. The molecule has 29 heavy (non-hydrogen) atoms. The van der Waals surface area contributed by atoms with E-state index in [1.807, 2.05) is 0 Å². The molecule has 1 saturated heterocycles. The largest absolute Gasteiger partial charge is 0.351 e. The summed E-state index contributed by atoms with van der Waals surface area (Å²) in [6.07, 6.45) is 0.925. The fourth-order valence-corrected chi connectivity index (χ4v) is 5.06. The highest BCUT2D eigenvalue weighted by Crippen LogP contribution is 2.17. The Bertz CT molecular complexity index is 927. The molecule has 152 valence electrons. The first-order valence-corrected chi connectivity index (χ1v) is 11.5. The van der Waals surface area contributed by atoms with Gasteiger partial charge in [0.15, 0.2) is 6.04 Å². The molecule has 2 aromatic carbocycles. The lowest BCUT2D eigenvalue weighted by molar-refractivity contribution is -1.02. The normalized spacial score (nSPS) is 20.4. The summed E-state index contributed by atoms with van der Waals surface area (Å²) in [5.74, 6) is 0.189. The summed E-state index contributed by atoms with van der Waals surface area (Å²) in [7, 11) is 0. The maximum Gasteiger partial charge on any atom is 0.278 e. The zero-order valence-electron chi connectivity index (χ0n) is 17.1. The lowest BCUT2D eigenvalue weighted by Gasteiger charge is -2.32. The van der Waals surface area contributed by atoms with E-state index in [1.54, 1.807) is 16.2 Å². The zero-order valence-corrected chi connectivity index (χ0v) is 17.9. The van der Waals surface area contributed by atoms with Crippen molar-refractivity contribution in [3.8, 4) is 0 Å². The second-order valence-corrected chi connectivity index (χ2v) is 9.10. The molecule has 0 saturated carbocycles. The van der Waals surface area contributed by atoms with Crippen molar-refractivity contribution in [1.82, 2.24) is 5.32 Å². The Morgan fingerprint density at radius 2 is 1.83 bits per heavy atom. The second-order valence-electron chi connectivity index (χ2n) is 8.07. The molecule has 3 aromatic rings. The van der Waals surface area contributed by atoms with E-state index in [1.165, 1.54) is 26.1 Å². The van der Waals surface area contributed by atoms with Gasteiger partial charge in [-0.1, -0.05) is 48.5 Å². The average molecular weight is 410 g/mol. The van der Waals surface area contributed by atoms with Crippen LogP contribution in [0.4, 0.5) is 0 Å². The molecule has 0 bridgehead atoms. The van der Waals surface area contributed by atoms with Crippen LogP contribution < -0.4 is 15.1 Å². The van der Waals surface area contributed by atoms with Gasteiger partial charge >= 0.3 is 0 Å². The van der Waals surface area contributed by atoms with Crippen molar-refractivity contribution in [2.24, 2.45) is 0 Å². The molecule has 2 heterocycles. The van der Waals surface area contributed by atoms with Crippen LogP contribution in [0.25, 0.3) is 10.8 Å². The van der Waals surface area contributed by atoms with Crippen LogP contribution in [0.3, 0.4) is 0 Å². The van der Waals surface area contributed by atoms with Crippen molar-refractivity contribution in [3.05, 3.63) is 70.4 Å². The minimum Gasteiger partial charge on any atom is -0.351 e. The number of benzene rings is 2. The van der Waals surface area contributed by atoms with Crippen molar-refractivity contribution in [1.29, 1.82) is 0 Å². The first-order valence-electron chi connectivity index (χ1n) is 10.7. The van der Waals surface area contributed by atoms with Gasteiger partial charge in [0.05, 0.1) is 0 Å². The van der Waals surface area contributed by atoms with E-state index in [0.717, 1.165) is 45.7 Å². The van der Waals surface area contributed by atoms with E-state index in [0.29, 0.717) is 0 Å². The standard InChI is InChI=1S/C24H29N3OS/c1-19(24(28)25-12-11-22-9-5-17-29-22)27-15-13-26(14-16-27)18-21-8-4-7-20-6-2-3-10-23(20)21/h2-10,17,19H,11-16,18H2,1H3,(H,25,28)/p+2/t19-/m1/s1. The molecular weight excluding hydrogens is 378 g/mol. The smallest absolute Gasteiger partial charge is 0.278 e. The fraction of sp³-hybridized carbons (Fsp3) is 0.375. The van der Waals surface area contributed by atoms with Crippen LogP contribution in [-0.4, -0.2) is 44.7 Å². The molecule has 0 spiro atoms. The zero-order chi connectivity index (χ0) is 20.1.